The van der Waals surface area contributed by atoms with Gasteiger partial charge in [0.15, 0.2) is 0 Å². The molecule has 0 aliphatic carbocycles. The highest BCUT2D eigenvalue weighted by Crippen LogP contribution is 1.93. The summed E-state index contributed by atoms with van der Waals surface area (Å²) >= 11 is 0. The summed E-state index contributed by atoms with van der Waals surface area (Å²) in [6.45, 7) is 1.95. The Kier molecular flexibility index (Phi) is 2.04. The van der Waals surface area contributed by atoms with E-state index in [0.29, 0.717) is 6.54 Å². The van der Waals surface area contributed by atoms with Crippen molar-refractivity contribution in [3.8, 4) is 0 Å². The molecule has 1 aromatic heterocycles. The Morgan fingerprint density at radius 2 is 2.70 bits per heavy atom. The van der Waals surface area contributed by atoms with Gasteiger partial charge in [-0.3, -0.25) is 4.79 Å². The van der Waals surface area contributed by atoms with Crippen LogP contribution in [-0.4, -0.2) is 11.1 Å². The molecule has 0 bridgehead atoms. The highest BCUT2D eigenvalue weighted by molar-refractivity contribution is 5.72. The summed E-state index contributed by atoms with van der Waals surface area (Å²) < 4.78 is 4.55. The van der Waals surface area contributed by atoms with Gasteiger partial charge in [-0.15, -0.1) is 0 Å². The van der Waals surface area contributed by atoms with Gasteiger partial charge in [0.25, 0.3) is 0 Å². The average molecular weight is 140 g/mol. The SMILES string of the molecule is CC(=O)NCc1cnoc1. The van der Waals surface area contributed by atoms with Crippen LogP contribution in [0.1, 0.15) is 12.5 Å². The van der Waals surface area contributed by atoms with Crippen LogP contribution >= 0.6 is 0 Å². The minimum absolute atomic E-state index is 0.0544. The van der Waals surface area contributed by atoms with Crippen molar-refractivity contribution < 1.29 is 9.32 Å². The van der Waals surface area contributed by atoms with Crippen molar-refractivity contribution in [2.45, 2.75) is 13.5 Å². The molecule has 0 aliphatic rings. The molecule has 10 heavy (non-hydrogen) atoms. The Labute approximate surface area is 58.2 Å². The quantitative estimate of drug-likeness (QED) is 0.643. The third-order valence-electron chi connectivity index (χ3n) is 1.02. The maximum Gasteiger partial charge on any atom is 0.217 e. The molecule has 1 N–H and O–H groups in total. The first-order chi connectivity index (χ1) is 4.79. The van der Waals surface area contributed by atoms with E-state index in [0.717, 1.165) is 5.56 Å². The lowest BCUT2D eigenvalue weighted by molar-refractivity contribution is -0.119. The minimum Gasteiger partial charge on any atom is -0.364 e. The van der Waals surface area contributed by atoms with E-state index in [1.807, 2.05) is 0 Å². The van der Waals surface area contributed by atoms with E-state index in [9.17, 15) is 4.79 Å². The van der Waals surface area contributed by atoms with Crippen molar-refractivity contribution in [1.82, 2.24) is 10.5 Å². The number of carbonyl (C=O) groups excluding carboxylic acids is 1. The second-order valence-electron chi connectivity index (χ2n) is 1.94. The standard InChI is InChI=1S/C6H8N2O2/c1-5(9)7-2-6-3-8-10-4-6/h3-4H,2H2,1H3,(H,7,9). The summed E-state index contributed by atoms with van der Waals surface area (Å²) in [4.78, 5) is 10.4. The summed E-state index contributed by atoms with van der Waals surface area (Å²) in [5.41, 5.74) is 0.871. The zero-order chi connectivity index (χ0) is 7.40. The number of nitrogens with zero attached hydrogens (tertiary/aromatic N) is 1. The van der Waals surface area contributed by atoms with E-state index in [2.05, 4.69) is 15.0 Å². The Hall–Kier alpha value is -1.32. The molecule has 4 nitrogen and oxygen atoms in total. The second-order valence-corrected chi connectivity index (χ2v) is 1.94. The largest absolute Gasteiger partial charge is 0.364 e. The first-order valence-electron chi connectivity index (χ1n) is 2.92. The van der Waals surface area contributed by atoms with Crippen LogP contribution in [-0.2, 0) is 11.3 Å². The number of rotatable bonds is 2. The minimum atomic E-state index is -0.0544. The van der Waals surface area contributed by atoms with Crippen molar-refractivity contribution in [1.29, 1.82) is 0 Å². The van der Waals surface area contributed by atoms with E-state index in [4.69, 9.17) is 0 Å². The van der Waals surface area contributed by atoms with Gasteiger partial charge in [0.2, 0.25) is 5.91 Å². The summed E-state index contributed by atoms with van der Waals surface area (Å²) in [5.74, 6) is -0.0544. The lowest BCUT2D eigenvalue weighted by Gasteiger charge is -1.94. The van der Waals surface area contributed by atoms with Gasteiger partial charge in [0.05, 0.1) is 6.20 Å². The number of nitrogens with one attached hydrogen (secondary N) is 1. The predicted octanol–water partition coefficient (Wildman–Crippen LogP) is 0.311. The molecule has 1 rings (SSSR count). The van der Waals surface area contributed by atoms with Crippen molar-refractivity contribution >= 4 is 5.91 Å². The number of hydrogen-bond donors (Lipinski definition) is 1. The van der Waals surface area contributed by atoms with Crippen molar-refractivity contribution in [2.75, 3.05) is 0 Å². The fourth-order valence-electron chi connectivity index (χ4n) is 0.541. The molecule has 0 aliphatic heterocycles. The predicted molar refractivity (Wildman–Crippen MR) is 34.0 cm³/mol. The molecule has 0 saturated heterocycles. The molecule has 4 heteroatoms. The molecular formula is C6H8N2O2. The summed E-state index contributed by atoms with van der Waals surface area (Å²) in [6, 6.07) is 0. The molecule has 0 fully saturated rings. The summed E-state index contributed by atoms with van der Waals surface area (Å²) in [6.07, 6.45) is 3.06. The first-order valence-corrected chi connectivity index (χ1v) is 2.92. The van der Waals surface area contributed by atoms with Crippen LogP contribution in [0.15, 0.2) is 17.0 Å². The third kappa shape index (κ3) is 1.89. The Morgan fingerprint density at radius 1 is 1.90 bits per heavy atom. The lowest BCUT2D eigenvalue weighted by atomic mass is 10.4. The Bertz CT molecular complexity index is 206. The van der Waals surface area contributed by atoms with E-state index in [-0.39, 0.29) is 5.91 Å². The van der Waals surface area contributed by atoms with E-state index in [1.54, 1.807) is 6.20 Å². The van der Waals surface area contributed by atoms with Crippen LogP contribution in [0.4, 0.5) is 0 Å². The maximum absolute atomic E-state index is 10.4. The molecule has 0 atom stereocenters. The molecule has 1 aromatic rings. The van der Waals surface area contributed by atoms with Crippen LogP contribution in [0, 0.1) is 0 Å². The zero-order valence-electron chi connectivity index (χ0n) is 5.63. The number of carbonyl (C=O) groups is 1. The maximum atomic E-state index is 10.4. The first kappa shape index (κ1) is 6.80. The molecule has 0 spiro atoms. The average Bonchev–Trinajstić information content (AvgIpc) is 2.34. The molecule has 1 heterocycles. The van der Waals surface area contributed by atoms with Crippen LogP contribution in [0.25, 0.3) is 0 Å². The van der Waals surface area contributed by atoms with Crippen molar-refractivity contribution in [3.63, 3.8) is 0 Å². The van der Waals surface area contributed by atoms with Gasteiger partial charge in [0, 0.05) is 19.0 Å². The smallest absolute Gasteiger partial charge is 0.217 e. The van der Waals surface area contributed by atoms with Crippen molar-refractivity contribution in [2.24, 2.45) is 0 Å². The summed E-state index contributed by atoms with van der Waals surface area (Å²) in [5, 5.41) is 6.08. The van der Waals surface area contributed by atoms with Gasteiger partial charge >= 0.3 is 0 Å². The molecule has 0 unspecified atom stereocenters. The number of amides is 1. The third-order valence-corrected chi connectivity index (χ3v) is 1.02. The molecular weight excluding hydrogens is 132 g/mol. The van der Waals surface area contributed by atoms with Crippen molar-refractivity contribution in [3.05, 3.63) is 18.0 Å². The highest BCUT2D eigenvalue weighted by atomic mass is 16.5. The van der Waals surface area contributed by atoms with Crippen LogP contribution in [0.3, 0.4) is 0 Å². The topological polar surface area (TPSA) is 55.1 Å². The molecule has 0 aromatic carbocycles. The van der Waals surface area contributed by atoms with Crippen LogP contribution in [0.5, 0.6) is 0 Å². The van der Waals surface area contributed by atoms with Crippen LogP contribution in [0.2, 0.25) is 0 Å². The van der Waals surface area contributed by atoms with Gasteiger partial charge in [0.1, 0.15) is 6.26 Å². The van der Waals surface area contributed by atoms with Crippen LogP contribution < -0.4 is 5.32 Å². The number of aromatic nitrogens is 1. The molecule has 0 saturated carbocycles. The normalized spacial score (nSPS) is 9.30. The zero-order valence-corrected chi connectivity index (χ0v) is 5.63. The molecule has 1 amide bonds. The fourth-order valence-corrected chi connectivity index (χ4v) is 0.541. The van der Waals surface area contributed by atoms with Gasteiger partial charge < -0.3 is 9.84 Å². The molecule has 0 radical (unpaired) electrons. The number of hydrogen-bond acceptors (Lipinski definition) is 3. The highest BCUT2D eigenvalue weighted by Gasteiger charge is 1.94. The van der Waals surface area contributed by atoms with Gasteiger partial charge in [-0.1, -0.05) is 5.16 Å². The van der Waals surface area contributed by atoms with E-state index >= 15 is 0 Å². The van der Waals surface area contributed by atoms with Gasteiger partial charge in [-0.05, 0) is 0 Å². The fraction of sp³-hybridized carbons (Fsp3) is 0.333. The molecule has 54 valence electrons. The van der Waals surface area contributed by atoms with E-state index in [1.165, 1.54) is 13.2 Å². The second kappa shape index (κ2) is 3.00. The summed E-state index contributed by atoms with van der Waals surface area (Å²) in [7, 11) is 0. The Balaban J connectivity index is 2.35. The lowest BCUT2D eigenvalue weighted by Crippen LogP contribution is -2.18. The Morgan fingerprint density at radius 3 is 3.20 bits per heavy atom. The monoisotopic (exact) mass is 140 g/mol. The van der Waals surface area contributed by atoms with Gasteiger partial charge in [-0.25, -0.2) is 0 Å². The van der Waals surface area contributed by atoms with E-state index < -0.39 is 0 Å². The van der Waals surface area contributed by atoms with Gasteiger partial charge in [-0.2, -0.15) is 0 Å².